The van der Waals surface area contributed by atoms with Gasteiger partial charge in [0.1, 0.15) is 13.2 Å². The highest BCUT2D eigenvalue weighted by Crippen LogP contribution is 2.35. The van der Waals surface area contributed by atoms with Crippen LogP contribution in [0, 0.1) is 0 Å². The number of hydrogen-bond acceptors (Lipinski definition) is 4. The number of anilines is 1. The lowest BCUT2D eigenvalue weighted by atomic mass is 10.1. The quantitative estimate of drug-likeness (QED) is 0.679. The summed E-state index contributed by atoms with van der Waals surface area (Å²) in [6, 6.07) is 19.8. The minimum Gasteiger partial charge on any atom is -0.486 e. The SMILES string of the molecule is CC(Sc1ccc2c(c1)OCCO2)C(=O)Nc1ccc2ccccc2c1. The van der Waals surface area contributed by atoms with E-state index in [2.05, 4.69) is 11.4 Å². The number of carbonyl (C=O) groups is 1. The second-order valence-corrected chi connectivity index (χ2v) is 7.53. The molecule has 132 valence electrons. The van der Waals surface area contributed by atoms with E-state index in [9.17, 15) is 4.79 Å². The predicted molar refractivity (Wildman–Crippen MR) is 105 cm³/mol. The van der Waals surface area contributed by atoms with Gasteiger partial charge in [0.25, 0.3) is 0 Å². The van der Waals surface area contributed by atoms with Crippen LogP contribution in [0.2, 0.25) is 0 Å². The van der Waals surface area contributed by atoms with Gasteiger partial charge in [0.05, 0.1) is 5.25 Å². The van der Waals surface area contributed by atoms with Crippen molar-refractivity contribution in [3.05, 3.63) is 60.7 Å². The second kappa shape index (κ2) is 7.30. The van der Waals surface area contributed by atoms with Gasteiger partial charge in [0, 0.05) is 10.6 Å². The van der Waals surface area contributed by atoms with Crippen LogP contribution in [-0.4, -0.2) is 24.4 Å². The lowest BCUT2D eigenvalue weighted by Crippen LogP contribution is -2.22. The van der Waals surface area contributed by atoms with Crippen molar-refractivity contribution in [3.8, 4) is 11.5 Å². The summed E-state index contributed by atoms with van der Waals surface area (Å²) in [4.78, 5) is 13.5. The highest BCUT2D eigenvalue weighted by atomic mass is 32.2. The molecule has 0 aliphatic carbocycles. The molecule has 3 aromatic carbocycles. The van der Waals surface area contributed by atoms with Crippen molar-refractivity contribution < 1.29 is 14.3 Å². The van der Waals surface area contributed by atoms with E-state index in [0.29, 0.717) is 13.2 Å². The summed E-state index contributed by atoms with van der Waals surface area (Å²) in [6.45, 7) is 3.03. The molecule has 1 N–H and O–H groups in total. The van der Waals surface area contributed by atoms with Gasteiger partial charge in [-0.3, -0.25) is 4.79 Å². The van der Waals surface area contributed by atoms with Gasteiger partial charge in [-0.1, -0.05) is 30.3 Å². The molecule has 3 aromatic rings. The number of ether oxygens (including phenoxy) is 2. The molecule has 1 amide bonds. The smallest absolute Gasteiger partial charge is 0.237 e. The summed E-state index contributed by atoms with van der Waals surface area (Å²) in [6.07, 6.45) is 0. The number of fused-ring (bicyclic) bond motifs is 2. The Labute approximate surface area is 156 Å². The van der Waals surface area contributed by atoms with E-state index in [1.165, 1.54) is 11.8 Å². The fraction of sp³-hybridized carbons (Fsp3) is 0.190. The topological polar surface area (TPSA) is 47.6 Å². The van der Waals surface area contributed by atoms with Crippen LogP contribution in [0.4, 0.5) is 5.69 Å². The number of rotatable bonds is 4. The lowest BCUT2D eigenvalue weighted by Gasteiger charge is -2.19. The van der Waals surface area contributed by atoms with Crippen LogP contribution < -0.4 is 14.8 Å². The van der Waals surface area contributed by atoms with Crippen LogP contribution in [0.1, 0.15) is 6.92 Å². The molecule has 4 nitrogen and oxygen atoms in total. The minimum atomic E-state index is -0.232. The molecular weight excluding hydrogens is 346 g/mol. The molecule has 0 fully saturated rings. The maximum Gasteiger partial charge on any atom is 0.237 e. The molecule has 5 heteroatoms. The first-order valence-electron chi connectivity index (χ1n) is 8.55. The molecule has 1 aliphatic rings. The lowest BCUT2D eigenvalue weighted by molar-refractivity contribution is -0.115. The van der Waals surface area contributed by atoms with E-state index < -0.39 is 0 Å². The molecule has 0 radical (unpaired) electrons. The van der Waals surface area contributed by atoms with Crippen LogP contribution in [0.3, 0.4) is 0 Å². The third-order valence-corrected chi connectivity index (χ3v) is 5.31. The van der Waals surface area contributed by atoms with Crippen molar-refractivity contribution in [2.24, 2.45) is 0 Å². The Kier molecular flexibility index (Phi) is 4.71. The molecule has 1 atom stereocenters. The number of carbonyl (C=O) groups excluding carboxylic acids is 1. The van der Waals surface area contributed by atoms with Crippen molar-refractivity contribution in [1.29, 1.82) is 0 Å². The Morgan fingerprint density at radius 2 is 1.73 bits per heavy atom. The predicted octanol–water partition coefficient (Wildman–Crippen LogP) is 4.73. The van der Waals surface area contributed by atoms with Crippen LogP contribution in [0.25, 0.3) is 10.8 Å². The number of amides is 1. The molecule has 0 spiro atoms. The summed E-state index contributed by atoms with van der Waals surface area (Å²) in [5.41, 5.74) is 0.809. The van der Waals surface area contributed by atoms with E-state index in [-0.39, 0.29) is 11.2 Å². The zero-order valence-electron chi connectivity index (χ0n) is 14.4. The summed E-state index contributed by atoms with van der Waals surface area (Å²) >= 11 is 1.50. The third-order valence-electron chi connectivity index (χ3n) is 4.21. The van der Waals surface area contributed by atoms with Gasteiger partial charge in [0.2, 0.25) is 5.91 Å². The van der Waals surface area contributed by atoms with Gasteiger partial charge in [-0.2, -0.15) is 0 Å². The fourth-order valence-electron chi connectivity index (χ4n) is 2.87. The second-order valence-electron chi connectivity index (χ2n) is 6.12. The van der Waals surface area contributed by atoms with Crippen molar-refractivity contribution in [2.75, 3.05) is 18.5 Å². The van der Waals surface area contributed by atoms with Crippen LogP contribution in [-0.2, 0) is 4.79 Å². The average molecular weight is 365 g/mol. The Morgan fingerprint density at radius 1 is 0.962 bits per heavy atom. The zero-order valence-corrected chi connectivity index (χ0v) is 15.2. The van der Waals surface area contributed by atoms with E-state index in [1.54, 1.807) is 0 Å². The van der Waals surface area contributed by atoms with E-state index in [0.717, 1.165) is 32.9 Å². The molecule has 0 bridgehead atoms. The number of benzene rings is 3. The first-order chi connectivity index (χ1) is 12.7. The summed E-state index contributed by atoms with van der Waals surface area (Å²) in [5.74, 6) is 1.47. The molecule has 0 aromatic heterocycles. The Balaban J connectivity index is 1.44. The van der Waals surface area contributed by atoms with Gasteiger partial charge >= 0.3 is 0 Å². The van der Waals surface area contributed by atoms with E-state index >= 15 is 0 Å². The van der Waals surface area contributed by atoms with Gasteiger partial charge < -0.3 is 14.8 Å². The normalized spacial score (nSPS) is 14.0. The standard InChI is InChI=1S/C21H19NO3S/c1-14(26-18-8-9-19-20(13-18)25-11-10-24-19)21(23)22-17-7-6-15-4-2-3-5-16(15)12-17/h2-9,12-14H,10-11H2,1H3,(H,22,23). The van der Waals surface area contributed by atoms with E-state index in [4.69, 9.17) is 9.47 Å². The molecule has 1 heterocycles. The average Bonchev–Trinajstić information content (AvgIpc) is 2.67. The Morgan fingerprint density at radius 3 is 2.58 bits per heavy atom. The fourth-order valence-corrected chi connectivity index (χ4v) is 3.76. The maximum atomic E-state index is 12.6. The van der Waals surface area contributed by atoms with E-state index in [1.807, 2.05) is 61.5 Å². The van der Waals surface area contributed by atoms with Gasteiger partial charge in [0.15, 0.2) is 11.5 Å². The Bertz CT molecular complexity index is 957. The van der Waals surface area contributed by atoms with Gasteiger partial charge in [-0.25, -0.2) is 0 Å². The number of thioether (sulfide) groups is 1. The summed E-state index contributed by atoms with van der Waals surface area (Å²) < 4.78 is 11.1. The maximum absolute atomic E-state index is 12.6. The molecule has 0 saturated carbocycles. The Hall–Kier alpha value is -2.66. The highest BCUT2D eigenvalue weighted by Gasteiger charge is 2.17. The van der Waals surface area contributed by atoms with Gasteiger partial charge in [-0.15, -0.1) is 11.8 Å². The molecule has 26 heavy (non-hydrogen) atoms. The number of nitrogens with one attached hydrogen (secondary N) is 1. The van der Waals surface area contributed by atoms with Crippen molar-refractivity contribution in [1.82, 2.24) is 0 Å². The first kappa shape index (κ1) is 16.8. The van der Waals surface area contributed by atoms with Gasteiger partial charge in [-0.05, 0) is 48.0 Å². The minimum absolute atomic E-state index is 0.0276. The van der Waals surface area contributed by atoms with Crippen molar-refractivity contribution in [2.45, 2.75) is 17.1 Å². The van der Waals surface area contributed by atoms with Crippen LogP contribution in [0.15, 0.2) is 65.6 Å². The largest absolute Gasteiger partial charge is 0.486 e. The molecule has 1 unspecified atom stereocenters. The molecular formula is C21H19NO3S. The first-order valence-corrected chi connectivity index (χ1v) is 9.43. The van der Waals surface area contributed by atoms with Crippen LogP contribution >= 0.6 is 11.8 Å². The number of hydrogen-bond donors (Lipinski definition) is 1. The molecule has 1 aliphatic heterocycles. The van der Waals surface area contributed by atoms with Crippen molar-refractivity contribution in [3.63, 3.8) is 0 Å². The zero-order chi connectivity index (χ0) is 17.9. The molecule has 4 rings (SSSR count). The highest BCUT2D eigenvalue weighted by molar-refractivity contribution is 8.00. The third kappa shape index (κ3) is 3.63. The monoisotopic (exact) mass is 365 g/mol. The summed E-state index contributed by atoms with van der Waals surface area (Å²) in [7, 11) is 0. The van der Waals surface area contributed by atoms with Crippen molar-refractivity contribution >= 4 is 34.1 Å². The molecule has 0 saturated heterocycles. The van der Waals surface area contributed by atoms with Crippen LogP contribution in [0.5, 0.6) is 11.5 Å². The summed E-state index contributed by atoms with van der Waals surface area (Å²) in [5, 5.41) is 5.03.